The van der Waals surface area contributed by atoms with Gasteiger partial charge in [-0.1, -0.05) is 12.1 Å². The van der Waals surface area contributed by atoms with Gasteiger partial charge in [0.1, 0.15) is 5.82 Å². The van der Waals surface area contributed by atoms with E-state index in [0.717, 1.165) is 5.56 Å². The normalized spacial score (nSPS) is 11.9. The molecule has 1 atom stereocenters. The van der Waals surface area contributed by atoms with Gasteiger partial charge in [0.05, 0.1) is 11.8 Å². The van der Waals surface area contributed by atoms with Gasteiger partial charge < -0.3 is 15.7 Å². The number of aliphatic hydroxyl groups is 1. The topological polar surface area (TPSA) is 61.4 Å². The Morgan fingerprint density at radius 1 is 1.35 bits per heavy atom. The Hall–Kier alpha value is -1.92. The molecule has 2 aromatic rings. The van der Waals surface area contributed by atoms with Crippen LogP contribution in [0, 0.1) is 5.82 Å². The number of carbonyl (C=O) groups excluding carboxylic acids is 1. The van der Waals surface area contributed by atoms with E-state index in [1.165, 1.54) is 23.5 Å². The van der Waals surface area contributed by atoms with Crippen molar-refractivity contribution in [2.75, 3.05) is 11.9 Å². The molecule has 0 fully saturated rings. The van der Waals surface area contributed by atoms with Crippen molar-refractivity contribution in [2.24, 2.45) is 0 Å². The van der Waals surface area contributed by atoms with E-state index in [0.29, 0.717) is 13.0 Å². The summed E-state index contributed by atoms with van der Waals surface area (Å²) in [7, 11) is 0. The van der Waals surface area contributed by atoms with Gasteiger partial charge in [-0.15, -0.1) is 0 Å². The maximum absolute atomic E-state index is 13.3. The third kappa shape index (κ3) is 4.04. The zero-order chi connectivity index (χ0) is 14.4. The molecule has 106 valence electrons. The van der Waals surface area contributed by atoms with Gasteiger partial charge in [0.2, 0.25) is 0 Å². The largest absolute Gasteiger partial charge is 0.388 e. The number of hydrogen-bond donors (Lipinski definition) is 3. The first kappa shape index (κ1) is 14.5. The standard InChI is InChI=1S/C14H15FN2O2S/c15-11-3-1-2-4-12(11)17-14(19)16-7-5-13(18)10-6-8-20-9-10/h1-4,6,8-9,13,18H,5,7H2,(H2,16,17,19)/t13-/m1/s1. The van der Waals surface area contributed by atoms with Crippen LogP contribution in [-0.2, 0) is 0 Å². The number of nitrogens with one attached hydrogen (secondary N) is 2. The summed E-state index contributed by atoms with van der Waals surface area (Å²) in [5.74, 6) is -0.485. The zero-order valence-corrected chi connectivity index (χ0v) is 11.5. The monoisotopic (exact) mass is 294 g/mol. The van der Waals surface area contributed by atoms with Gasteiger partial charge in [-0.25, -0.2) is 9.18 Å². The Balaban J connectivity index is 1.74. The fourth-order valence-corrected chi connectivity index (χ4v) is 2.39. The molecule has 0 unspecified atom stereocenters. The van der Waals surface area contributed by atoms with E-state index in [1.807, 2.05) is 16.8 Å². The number of urea groups is 1. The quantitative estimate of drug-likeness (QED) is 0.793. The third-order valence-electron chi connectivity index (χ3n) is 2.75. The fraction of sp³-hybridized carbons (Fsp3) is 0.214. The summed E-state index contributed by atoms with van der Waals surface area (Å²) in [4.78, 5) is 11.6. The highest BCUT2D eigenvalue weighted by atomic mass is 32.1. The zero-order valence-electron chi connectivity index (χ0n) is 10.7. The van der Waals surface area contributed by atoms with Crippen molar-refractivity contribution in [2.45, 2.75) is 12.5 Å². The molecule has 4 nitrogen and oxygen atoms in total. The summed E-state index contributed by atoms with van der Waals surface area (Å²) in [6.45, 7) is 0.303. The van der Waals surface area contributed by atoms with Crippen molar-refractivity contribution < 1.29 is 14.3 Å². The summed E-state index contributed by atoms with van der Waals surface area (Å²) in [5.41, 5.74) is 0.967. The van der Waals surface area contributed by atoms with Crippen molar-refractivity contribution in [3.8, 4) is 0 Å². The Morgan fingerprint density at radius 2 is 2.15 bits per heavy atom. The van der Waals surface area contributed by atoms with Gasteiger partial charge in [0.15, 0.2) is 0 Å². The molecule has 1 heterocycles. The first-order valence-corrected chi connectivity index (χ1v) is 7.10. The molecule has 0 aliphatic carbocycles. The number of aliphatic hydroxyl groups excluding tert-OH is 1. The molecule has 0 saturated carbocycles. The molecule has 0 radical (unpaired) electrons. The maximum Gasteiger partial charge on any atom is 0.319 e. The molecule has 0 aliphatic rings. The van der Waals surface area contributed by atoms with E-state index < -0.39 is 18.0 Å². The highest BCUT2D eigenvalue weighted by molar-refractivity contribution is 7.07. The Kier molecular flexibility index (Phi) is 5.09. The van der Waals surface area contributed by atoms with Crippen LogP contribution in [0.25, 0.3) is 0 Å². The van der Waals surface area contributed by atoms with Crippen LogP contribution in [0.3, 0.4) is 0 Å². The number of amides is 2. The number of thiophene rings is 1. The van der Waals surface area contributed by atoms with Crippen molar-refractivity contribution in [3.05, 3.63) is 52.5 Å². The number of rotatable bonds is 5. The predicted octanol–water partition coefficient (Wildman–Crippen LogP) is 3.13. The first-order valence-electron chi connectivity index (χ1n) is 6.16. The van der Waals surface area contributed by atoms with Crippen LogP contribution in [0.4, 0.5) is 14.9 Å². The van der Waals surface area contributed by atoms with Crippen LogP contribution in [0.2, 0.25) is 0 Å². The van der Waals surface area contributed by atoms with Crippen molar-refractivity contribution >= 4 is 23.1 Å². The predicted molar refractivity (Wildman–Crippen MR) is 77.3 cm³/mol. The van der Waals surface area contributed by atoms with Crippen molar-refractivity contribution in [3.63, 3.8) is 0 Å². The van der Waals surface area contributed by atoms with Gasteiger partial charge >= 0.3 is 6.03 Å². The highest BCUT2D eigenvalue weighted by Crippen LogP contribution is 2.18. The fourth-order valence-electron chi connectivity index (χ4n) is 1.68. The van der Waals surface area contributed by atoms with E-state index in [-0.39, 0.29) is 5.69 Å². The first-order chi connectivity index (χ1) is 9.66. The summed E-state index contributed by atoms with van der Waals surface area (Å²) >= 11 is 1.51. The van der Waals surface area contributed by atoms with Gasteiger partial charge in [0.25, 0.3) is 0 Å². The summed E-state index contributed by atoms with van der Waals surface area (Å²) in [6.07, 6.45) is -0.198. The maximum atomic E-state index is 13.3. The highest BCUT2D eigenvalue weighted by Gasteiger charge is 2.09. The van der Waals surface area contributed by atoms with Crippen molar-refractivity contribution in [1.29, 1.82) is 0 Å². The molecular formula is C14H15FN2O2S. The van der Waals surface area contributed by atoms with E-state index in [4.69, 9.17) is 0 Å². The molecule has 1 aromatic carbocycles. The van der Waals surface area contributed by atoms with Gasteiger partial charge in [-0.2, -0.15) is 11.3 Å². The van der Waals surface area contributed by atoms with Gasteiger partial charge in [-0.05, 0) is 40.9 Å². The number of anilines is 1. The minimum Gasteiger partial charge on any atom is -0.388 e. The molecule has 2 rings (SSSR count). The second kappa shape index (κ2) is 7.02. The van der Waals surface area contributed by atoms with E-state index in [1.54, 1.807) is 12.1 Å². The van der Waals surface area contributed by atoms with E-state index >= 15 is 0 Å². The SMILES string of the molecule is O=C(NCC[C@@H](O)c1ccsc1)Nc1ccccc1F. The lowest BCUT2D eigenvalue weighted by atomic mass is 10.1. The van der Waals surface area contributed by atoms with Crippen LogP contribution in [0.5, 0.6) is 0 Å². The van der Waals surface area contributed by atoms with Gasteiger partial charge in [0, 0.05) is 6.54 Å². The molecule has 0 aliphatic heterocycles. The van der Waals surface area contributed by atoms with Crippen LogP contribution in [0.15, 0.2) is 41.1 Å². The lowest BCUT2D eigenvalue weighted by molar-refractivity contribution is 0.168. The Bertz CT molecular complexity index is 560. The minimum atomic E-state index is -0.602. The summed E-state index contributed by atoms with van der Waals surface area (Å²) in [6, 6.07) is 7.29. The molecule has 0 spiro atoms. The number of halogens is 1. The Labute approximate surface area is 120 Å². The molecule has 2 amide bonds. The average molecular weight is 294 g/mol. The second-order valence-corrected chi connectivity index (χ2v) is 5.00. The molecular weight excluding hydrogens is 279 g/mol. The minimum absolute atomic E-state index is 0.128. The number of hydrogen-bond acceptors (Lipinski definition) is 3. The van der Waals surface area contributed by atoms with Crippen LogP contribution in [0.1, 0.15) is 18.1 Å². The number of para-hydroxylation sites is 1. The van der Waals surface area contributed by atoms with E-state index in [9.17, 15) is 14.3 Å². The number of carbonyl (C=O) groups is 1. The second-order valence-electron chi connectivity index (χ2n) is 4.22. The van der Waals surface area contributed by atoms with Crippen LogP contribution >= 0.6 is 11.3 Å². The average Bonchev–Trinajstić information content (AvgIpc) is 2.95. The molecule has 6 heteroatoms. The molecule has 3 N–H and O–H groups in total. The van der Waals surface area contributed by atoms with Gasteiger partial charge in [-0.3, -0.25) is 0 Å². The lowest BCUT2D eigenvalue weighted by Crippen LogP contribution is -2.30. The number of benzene rings is 1. The molecule has 0 saturated heterocycles. The van der Waals surface area contributed by atoms with Crippen LogP contribution < -0.4 is 10.6 Å². The lowest BCUT2D eigenvalue weighted by Gasteiger charge is -2.11. The molecule has 1 aromatic heterocycles. The summed E-state index contributed by atoms with van der Waals surface area (Å²) in [5, 5.41) is 18.6. The smallest absolute Gasteiger partial charge is 0.319 e. The summed E-state index contributed by atoms with van der Waals surface area (Å²) < 4.78 is 13.3. The molecule has 20 heavy (non-hydrogen) atoms. The Morgan fingerprint density at radius 3 is 2.85 bits per heavy atom. The molecule has 0 bridgehead atoms. The van der Waals surface area contributed by atoms with E-state index in [2.05, 4.69) is 10.6 Å². The van der Waals surface area contributed by atoms with Crippen molar-refractivity contribution in [1.82, 2.24) is 5.32 Å². The third-order valence-corrected chi connectivity index (χ3v) is 3.45. The van der Waals surface area contributed by atoms with Crippen LogP contribution in [-0.4, -0.2) is 17.7 Å².